The van der Waals surface area contributed by atoms with Crippen molar-refractivity contribution >= 4 is 41.3 Å². The van der Waals surface area contributed by atoms with Crippen LogP contribution in [0, 0.1) is 6.92 Å². The van der Waals surface area contributed by atoms with E-state index in [0.29, 0.717) is 0 Å². The first-order chi connectivity index (χ1) is 12.2. The van der Waals surface area contributed by atoms with E-state index in [1.165, 1.54) is 0 Å². The number of halogens is 1. The molecule has 0 unspecified atom stereocenters. The Hall–Kier alpha value is -1.13. The minimum Gasteiger partial charge on any atom is -0.469 e. The summed E-state index contributed by atoms with van der Waals surface area (Å²) in [5.41, 5.74) is 1.07. The smallest absolute Gasteiger partial charge is 0.194 e. The maximum Gasteiger partial charge on any atom is 0.194 e. The molecule has 0 saturated carbocycles. The van der Waals surface area contributed by atoms with Gasteiger partial charge in [0, 0.05) is 45.2 Å². The Morgan fingerprint density at radius 2 is 2.31 bits per heavy atom. The van der Waals surface area contributed by atoms with Crippen molar-refractivity contribution in [1.82, 2.24) is 15.2 Å². The van der Waals surface area contributed by atoms with E-state index in [1.807, 2.05) is 33.0 Å². The fourth-order valence-electron chi connectivity index (χ4n) is 2.36. The zero-order valence-electron chi connectivity index (χ0n) is 15.7. The van der Waals surface area contributed by atoms with Crippen LogP contribution in [0.25, 0.3) is 0 Å². The third kappa shape index (κ3) is 8.50. The van der Waals surface area contributed by atoms with Crippen LogP contribution in [0.15, 0.2) is 33.2 Å². The lowest BCUT2D eigenvalue weighted by molar-refractivity contribution is 0.146. The highest BCUT2D eigenvalue weighted by molar-refractivity contribution is 14.0. The van der Waals surface area contributed by atoms with Crippen LogP contribution >= 0.6 is 35.3 Å². The number of hydrogen-bond acceptors (Lipinski definition) is 5. The van der Waals surface area contributed by atoms with E-state index in [2.05, 4.69) is 20.6 Å². The Balaban J connectivity index is 0.00000338. The summed E-state index contributed by atoms with van der Waals surface area (Å²) in [7, 11) is 2.04. The van der Waals surface area contributed by atoms with Gasteiger partial charge in [0.25, 0.3) is 0 Å². The third-order valence-electron chi connectivity index (χ3n) is 3.57. The lowest BCUT2D eigenvalue weighted by atomic mass is 10.3. The molecule has 2 heterocycles. The lowest BCUT2D eigenvalue weighted by Crippen LogP contribution is -2.39. The van der Waals surface area contributed by atoms with Crippen LogP contribution < -0.4 is 5.32 Å². The van der Waals surface area contributed by atoms with Crippen molar-refractivity contribution in [3.8, 4) is 0 Å². The number of rotatable bonds is 10. The van der Waals surface area contributed by atoms with Crippen LogP contribution in [0.3, 0.4) is 0 Å². The number of nitrogens with zero attached hydrogens (tertiary/aromatic N) is 3. The highest BCUT2D eigenvalue weighted by atomic mass is 127. The average molecular weight is 492 g/mol. The van der Waals surface area contributed by atoms with Gasteiger partial charge in [-0.1, -0.05) is 0 Å². The number of aliphatic imine (C=N–C) groups is 1. The molecular weight excluding hydrogens is 463 g/mol. The van der Waals surface area contributed by atoms with Crippen LogP contribution in [-0.2, 0) is 17.7 Å². The van der Waals surface area contributed by atoms with E-state index >= 15 is 0 Å². The van der Waals surface area contributed by atoms with Crippen LogP contribution in [-0.4, -0.2) is 49.2 Å². The van der Waals surface area contributed by atoms with Crippen LogP contribution in [0.5, 0.6) is 0 Å². The van der Waals surface area contributed by atoms with E-state index in [0.717, 1.165) is 68.1 Å². The van der Waals surface area contributed by atoms with Gasteiger partial charge in [-0.15, -0.1) is 35.3 Å². The van der Waals surface area contributed by atoms with E-state index in [4.69, 9.17) is 14.1 Å². The number of thiazole rings is 1. The molecule has 2 aromatic heterocycles. The van der Waals surface area contributed by atoms with Crippen LogP contribution in [0.2, 0.25) is 0 Å². The van der Waals surface area contributed by atoms with Gasteiger partial charge >= 0.3 is 0 Å². The molecule has 1 N–H and O–H groups in total. The number of hydrogen-bond donors (Lipinski definition) is 1. The molecule has 0 atom stereocenters. The molecule has 0 fully saturated rings. The summed E-state index contributed by atoms with van der Waals surface area (Å²) >= 11 is 1.67. The van der Waals surface area contributed by atoms with Crippen molar-refractivity contribution in [1.29, 1.82) is 0 Å². The first kappa shape index (κ1) is 22.9. The molecule has 146 valence electrons. The number of furan rings is 1. The lowest BCUT2D eigenvalue weighted by Gasteiger charge is -2.21. The highest BCUT2D eigenvalue weighted by Crippen LogP contribution is 2.10. The fourth-order valence-corrected chi connectivity index (χ4v) is 2.96. The monoisotopic (exact) mass is 492 g/mol. The van der Waals surface area contributed by atoms with Gasteiger partial charge in [-0.25, -0.2) is 4.98 Å². The maximum atomic E-state index is 5.38. The predicted octanol–water partition coefficient (Wildman–Crippen LogP) is 3.71. The van der Waals surface area contributed by atoms with Crippen LogP contribution in [0.1, 0.15) is 29.8 Å². The quantitative estimate of drug-likeness (QED) is 0.237. The van der Waals surface area contributed by atoms with Gasteiger partial charge in [-0.2, -0.15) is 0 Å². The van der Waals surface area contributed by atoms with E-state index in [-0.39, 0.29) is 24.0 Å². The average Bonchev–Trinajstić information content (AvgIpc) is 3.24. The summed E-state index contributed by atoms with van der Waals surface area (Å²) in [4.78, 5) is 11.4. The van der Waals surface area contributed by atoms with Gasteiger partial charge in [0.1, 0.15) is 5.76 Å². The standard InChI is InChI=1S/C18H28N4O2S.HI/c1-4-23-11-6-9-19-18(20-10-8-17-7-5-12-24-17)22(3)13-16-14-25-15(2)21-16;/h5,7,12,14H,4,6,8-11,13H2,1-3H3,(H,19,20);1H. The summed E-state index contributed by atoms with van der Waals surface area (Å²) in [6, 6.07) is 3.90. The second kappa shape index (κ2) is 13.1. The van der Waals surface area contributed by atoms with Crippen molar-refractivity contribution in [2.24, 2.45) is 4.99 Å². The van der Waals surface area contributed by atoms with Crippen molar-refractivity contribution in [3.63, 3.8) is 0 Å². The van der Waals surface area contributed by atoms with Gasteiger partial charge in [0.05, 0.1) is 23.5 Å². The Labute approximate surface area is 177 Å². The van der Waals surface area contributed by atoms with Crippen LogP contribution in [0.4, 0.5) is 0 Å². The number of nitrogens with one attached hydrogen (secondary N) is 1. The summed E-state index contributed by atoms with van der Waals surface area (Å²) in [6.45, 7) is 7.78. The van der Waals surface area contributed by atoms with Gasteiger partial charge in [-0.3, -0.25) is 4.99 Å². The van der Waals surface area contributed by atoms with Crippen molar-refractivity contribution < 1.29 is 9.15 Å². The highest BCUT2D eigenvalue weighted by Gasteiger charge is 2.09. The number of guanidine groups is 1. The molecule has 26 heavy (non-hydrogen) atoms. The second-order valence-corrected chi connectivity index (χ2v) is 6.79. The largest absolute Gasteiger partial charge is 0.469 e. The molecule has 0 radical (unpaired) electrons. The van der Waals surface area contributed by atoms with Crippen molar-refractivity contribution in [3.05, 3.63) is 40.2 Å². The molecule has 8 heteroatoms. The Morgan fingerprint density at radius 1 is 1.46 bits per heavy atom. The second-order valence-electron chi connectivity index (χ2n) is 5.73. The van der Waals surface area contributed by atoms with E-state index in [1.54, 1.807) is 17.6 Å². The Morgan fingerprint density at radius 3 is 2.96 bits per heavy atom. The molecule has 0 aliphatic rings. The molecule has 0 saturated heterocycles. The molecule has 2 aromatic rings. The van der Waals surface area contributed by atoms with E-state index < -0.39 is 0 Å². The molecule has 0 aliphatic heterocycles. The normalized spacial score (nSPS) is 11.3. The molecule has 0 aliphatic carbocycles. The van der Waals surface area contributed by atoms with Gasteiger partial charge in [0.2, 0.25) is 0 Å². The Bertz CT molecular complexity index is 631. The number of aromatic nitrogens is 1. The fraction of sp³-hybridized carbons (Fsp3) is 0.556. The van der Waals surface area contributed by atoms with Gasteiger partial charge < -0.3 is 19.4 Å². The molecule has 2 rings (SSSR count). The van der Waals surface area contributed by atoms with Gasteiger partial charge in [-0.05, 0) is 32.4 Å². The molecule has 0 aromatic carbocycles. The zero-order valence-corrected chi connectivity index (χ0v) is 18.9. The van der Waals surface area contributed by atoms with E-state index in [9.17, 15) is 0 Å². The molecular formula is C18H29IN4O2S. The topological polar surface area (TPSA) is 62.9 Å². The minimum atomic E-state index is 0. The molecule has 6 nitrogen and oxygen atoms in total. The summed E-state index contributed by atoms with van der Waals surface area (Å²) in [6.07, 6.45) is 3.45. The van der Waals surface area contributed by atoms with Crippen molar-refractivity contribution in [2.45, 2.75) is 33.2 Å². The minimum absolute atomic E-state index is 0. The summed E-state index contributed by atoms with van der Waals surface area (Å²) < 4.78 is 10.8. The SMILES string of the molecule is CCOCCCN=C(NCCc1ccco1)N(C)Cc1csc(C)n1.I. The third-order valence-corrected chi connectivity index (χ3v) is 4.40. The number of aryl methyl sites for hydroxylation is 1. The maximum absolute atomic E-state index is 5.38. The first-order valence-electron chi connectivity index (χ1n) is 8.69. The first-order valence-corrected chi connectivity index (χ1v) is 9.57. The summed E-state index contributed by atoms with van der Waals surface area (Å²) in [5.74, 6) is 1.86. The van der Waals surface area contributed by atoms with Crippen molar-refractivity contribution in [2.75, 3.05) is 33.4 Å². The molecule has 0 bridgehead atoms. The summed E-state index contributed by atoms with van der Waals surface area (Å²) in [5, 5.41) is 6.61. The number of ether oxygens (including phenoxy) is 1. The predicted molar refractivity (Wildman–Crippen MR) is 118 cm³/mol. The Kier molecular flexibility index (Phi) is 11.5. The van der Waals surface area contributed by atoms with Gasteiger partial charge in [0.15, 0.2) is 5.96 Å². The molecule has 0 spiro atoms. The zero-order chi connectivity index (χ0) is 17.9. The molecule has 0 amide bonds.